The highest BCUT2D eigenvalue weighted by Crippen LogP contribution is 2.24. The average Bonchev–Trinajstić information content (AvgIpc) is 3.29. The van der Waals surface area contributed by atoms with Gasteiger partial charge in [-0.3, -0.25) is 19.6 Å². The van der Waals surface area contributed by atoms with Crippen molar-refractivity contribution in [2.75, 3.05) is 6.54 Å². The molecule has 1 aromatic heterocycles. The molecule has 0 aliphatic heterocycles. The lowest BCUT2D eigenvalue weighted by atomic mass is 9.86. The molecule has 0 radical (unpaired) electrons. The fourth-order valence-corrected chi connectivity index (χ4v) is 3.49. The smallest absolute Gasteiger partial charge is 0.323 e. The van der Waals surface area contributed by atoms with Crippen molar-refractivity contribution in [3.05, 3.63) is 11.9 Å². The van der Waals surface area contributed by atoms with E-state index < -0.39 is 59.1 Å². The largest absolute Gasteiger partial charge is 0.480 e. The summed E-state index contributed by atoms with van der Waals surface area (Å²) in [6, 6.07) is -2.49. The van der Waals surface area contributed by atoms with Crippen LogP contribution < -0.4 is 16.0 Å². The van der Waals surface area contributed by atoms with E-state index in [4.69, 9.17) is 5.26 Å². The molecule has 0 saturated heterocycles. The van der Waals surface area contributed by atoms with E-state index >= 15 is 0 Å². The first-order valence-electron chi connectivity index (χ1n) is 11.6. The van der Waals surface area contributed by atoms with Gasteiger partial charge in [-0.05, 0) is 54.5 Å². The lowest BCUT2D eigenvalue weighted by Gasteiger charge is -2.35. The maximum Gasteiger partial charge on any atom is 0.323 e. The van der Waals surface area contributed by atoms with E-state index in [2.05, 4.69) is 31.2 Å². The first-order chi connectivity index (χ1) is 16.1. The predicted molar refractivity (Wildman–Crippen MR) is 126 cm³/mol. The van der Waals surface area contributed by atoms with E-state index in [-0.39, 0.29) is 5.69 Å². The molecule has 200 valence electrons. The van der Waals surface area contributed by atoms with Crippen LogP contribution in [-0.2, 0) is 24.7 Å². The van der Waals surface area contributed by atoms with Gasteiger partial charge in [-0.25, -0.2) is 9.57 Å². The van der Waals surface area contributed by atoms with E-state index in [1.165, 1.54) is 17.8 Å². The molecule has 1 rings (SSSR count). The van der Waals surface area contributed by atoms with Gasteiger partial charge in [-0.15, -0.1) is 5.10 Å². The minimum Gasteiger partial charge on any atom is -0.480 e. The van der Waals surface area contributed by atoms with E-state index in [9.17, 15) is 24.6 Å². The van der Waals surface area contributed by atoms with E-state index in [1.807, 2.05) is 0 Å². The number of aliphatic hydroxyl groups is 1. The number of nitrogens with one attached hydrogen (secondary N) is 3. The van der Waals surface area contributed by atoms with E-state index in [0.717, 1.165) is 0 Å². The molecule has 0 spiro atoms. The molecule has 0 fully saturated rings. The van der Waals surface area contributed by atoms with E-state index in [1.54, 1.807) is 48.5 Å². The van der Waals surface area contributed by atoms with Gasteiger partial charge in [-0.1, -0.05) is 19.1 Å². The van der Waals surface area contributed by atoms with Gasteiger partial charge in [0.1, 0.15) is 24.3 Å². The minimum absolute atomic E-state index is 0.287. The third kappa shape index (κ3) is 7.43. The molecule has 0 aromatic carbocycles. The Morgan fingerprint density at radius 3 is 2.26 bits per heavy atom. The molecule has 5 unspecified atom stereocenters. The Labute approximate surface area is 205 Å². The SMILES string of the molecule is CCNC(C(=O)O)C(C)(C)NC(=O)C(C)(C)c1cn(C(C)C(=O)NC(CC)C(O)C(C)OO)nn1. The number of carboxylic acid groups (broad SMARTS) is 1. The highest BCUT2D eigenvalue weighted by atomic mass is 17.1. The number of likely N-dealkylation sites (N-methyl/N-ethyl adjacent to an activating group) is 1. The zero-order chi connectivity index (χ0) is 27.1. The molecule has 1 heterocycles. The van der Waals surface area contributed by atoms with Crippen molar-refractivity contribution in [2.45, 2.75) is 103 Å². The summed E-state index contributed by atoms with van der Waals surface area (Å²) in [4.78, 5) is 41.7. The molecule has 13 heteroatoms. The Morgan fingerprint density at radius 2 is 1.77 bits per heavy atom. The Morgan fingerprint density at radius 1 is 1.17 bits per heavy atom. The zero-order valence-electron chi connectivity index (χ0n) is 21.7. The fraction of sp³-hybridized carbons (Fsp3) is 0.773. The van der Waals surface area contributed by atoms with Gasteiger partial charge in [-0.2, -0.15) is 0 Å². The quantitative estimate of drug-likeness (QED) is 0.152. The van der Waals surface area contributed by atoms with Crippen molar-refractivity contribution in [3.63, 3.8) is 0 Å². The van der Waals surface area contributed by atoms with Gasteiger partial charge in [0.25, 0.3) is 0 Å². The molecule has 0 bridgehead atoms. The second-order valence-corrected chi connectivity index (χ2v) is 9.71. The number of aromatic nitrogens is 3. The standard InChI is InChI=1S/C22H40N6O7/c1-9-14(16(29)13(4)35-34)24-18(30)12(3)28-11-15(26-27-28)21(5,6)20(33)25-22(7,8)17(19(31)32)23-10-2/h11-14,16-17,23,29,34H,9-10H2,1-8H3,(H,24,30)(H,25,33)(H,31,32). The van der Waals surface area contributed by atoms with Crippen molar-refractivity contribution in [2.24, 2.45) is 0 Å². The minimum atomic E-state index is -1.18. The summed E-state index contributed by atoms with van der Waals surface area (Å²) < 4.78 is 1.30. The van der Waals surface area contributed by atoms with Gasteiger partial charge in [0.15, 0.2) is 0 Å². The third-order valence-electron chi connectivity index (χ3n) is 6.13. The zero-order valence-corrected chi connectivity index (χ0v) is 21.7. The van der Waals surface area contributed by atoms with Crippen LogP contribution in [0.3, 0.4) is 0 Å². The van der Waals surface area contributed by atoms with Crippen LogP contribution in [0.4, 0.5) is 0 Å². The van der Waals surface area contributed by atoms with Crippen molar-refractivity contribution in [1.29, 1.82) is 0 Å². The summed E-state index contributed by atoms with van der Waals surface area (Å²) in [5.74, 6) is -1.99. The second-order valence-electron chi connectivity index (χ2n) is 9.71. The average molecular weight is 501 g/mol. The number of carbonyl (C=O) groups is 3. The highest BCUT2D eigenvalue weighted by molar-refractivity contribution is 5.88. The molecule has 6 N–H and O–H groups in total. The van der Waals surface area contributed by atoms with E-state index in [0.29, 0.717) is 13.0 Å². The van der Waals surface area contributed by atoms with Crippen LogP contribution in [0.15, 0.2) is 6.20 Å². The highest BCUT2D eigenvalue weighted by Gasteiger charge is 2.41. The van der Waals surface area contributed by atoms with Crippen LogP contribution in [0.25, 0.3) is 0 Å². The van der Waals surface area contributed by atoms with Gasteiger partial charge in [0.2, 0.25) is 11.8 Å². The maximum absolute atomic E-state index is 13.1. The molecule has 0 saturated carbocycles. The van der Waals surface area contributed by atoms with Crippen LogP contribution in [0, 0.1) is 0 Å². The summed E-state index contributed by atoms with van der Waals surface area (Å²) in [6.45, 7) is 13.5. The Bertz CT molecular complexity index is 872. The van der Waals surface area contributed by atoms with Gasteiger partial charge < -0.3 is 26.2 Å². The molecule has 13 nitrogen and oxygen atoms in total. The van der Waals surface area contributed by atoms with Gasteiger partial charge in [0.05, 0.1) is 28.9 Å². The number of aliphatic carboxylic acids is 1. The number of hydrogen-bond donors (Lipinski definition) is 6. The molecule has 0 aliphatic rings. The molecule has 1 aromatic rings. The molecular weight excluding hydrogens is 460 g/mol. The topological polar surface area (TPSA) is 188 Å². The lowest BCUT2D eigenvalue weighted by molar-refractivity contribution is -0.293. The number of carboxylic acids is 1. The number of nitrogens with zero attached hydrogens (tertiary/aromatic N) is 3. The number of rotatable bonds is 14. The first kappa shape index (κ1) is 30.4. The Balaban J connectivity index is 3.01. The first-order valence-corrected chi connectivity index (χ1v) is 11.6. The second kappa shape index (κ2) is 12.4. The van der Waals surface area contributed by atoms with Crippen molar-refractivity contribution in [3.8, 4) is 0 Å². The van der Waals surface area contributed by atoms with Crippen LogP contribution in [-0.4, -0.2) is 84.6 Å². The number of aliphatic hydroxyl groups excluding tert-OH is 1. The van der Waals surface area contributed by atoms with Crippen LogP contribution in [0.1, 0.15) is 73.5 Å². The van der Waals surface area contributed by atoms with Gasteiger partial charge >= 0.3 is 5.97 Å². The monoisotopic (exact) mass is 500 g/mol. The summed E-state index contributed by atoms with van der Waals surface area (Å²) in [5.41, 5.74) is -2.00. The summed E-state index contributed by atoms with van der Waals surface area (Å²) >= 11 is 0. The lowest BCUT2D eigenvalue weighted by Crippen LogP contribution is -2.63. The predicted octanol–water partition coefficient (Wildman–Crippen LogP) is 0.208. The Kier molecular flexibility index (Phi) is 10.8. The van der Waals surface area contributed by atoms with Crippen molar-refractivity contribution in [1.82, 2.24) is 30.9 Å². The van der Waals surface area contributed by atoms with Crippen molar-refractivity contribution < 1.29 is 34.7 Å². The van der Waals surface area contributed by atoms with Gasteiger partial charge in [0, 0.05) is 0 Å². The molecule has 0 aliphatic carbocycles. The van der Waals surface area contributed by atoms with Crippen LogP contribution >= 0.6 is 0 Å². The summed E-state index contributed by atoms with van der Waals surface area (Å²) in [7, 11) is 0. The number of hydrogen-bond acceptors (Lipinski definition) is 9. The van der Waals surface area contributed by atoms with Crippen LogP contribution in [0.5, 0.6) is 0 Å². The normalized spacial score (nSPS) is 16.6. The van der Waals surface area contributed by atoms with Crippen LogP contribution in [0.2, 0.25) is 0 Å². The molecular formula is C22H40N6O7. The number of amides is 2. The van der Waals surface area contributed by atoms with Crippen molar-refractivity contribution >= 4 is 17.8 Å². The Hall–Kier alpha value is -2.61. The molecule has 5 atom stereocenters. The number of carbonyl (C=O) groups excluding carboxylic acids is 2. The fourth-order valence-electron chi connectivity index (χ4n) is 3.49. The molecule has 2 amide bonds. The molecule has 35 heavy (non-hydrogen) atoms. The summed E-state index contributed by atoms with van der Waals surface area (Å²) in [5, 5.41) is 45.0. The summed E-state index contributed by atoms with van der Waals surface area (Å²) in [6.07, 6.45) is -0.156. The third-order valence-corrected chi connectivity index (χ3v) is 6.13. The maximum atomic E-state index is 13.1.